The molecule has 0 aromatic carbocycles. The summed E-state index contributed by atoms with van der Waals surface area (Å²) >= 11 is 0. The van der Waals surface area contributed by atoms with Crippen molar-refractivity contribution in [2.45, 2.75) is 91.9 Å². The van der Waals surface area contributed by atoms with Crippen LogP contribution in [0.1, 0.15) is 91.9 Å². The lowest BCUT2D eigenvalue weighted by molar-refractivity contribution is -0.0943. The van der Waals surface area contributed by atoms with E-state index in [-0.39, 0.29) is 0 Å². The average molecular weight is 363 g/mol. The maximum atomic E-state index is 3.63. The third kappa shape index (κ3) is 4.32. The molecule has 3 aliphatic carbocycles. The van der Waals surface area contributed by atoms with Crippen LogP contribution in [-0.4, -0.2) is 26.2 Å². The minimum absolute atomic E-state index is 0.580. The third-order valence-corrected chi connectivity index (χ3v) is 8.87. The van der Waals surface area contributed by atoms with E-state index in [4.69, 9.17) is 0 Å². The van der Waals surface area contributed by atoms with Gasteiger partial charge in [0.15, 0.2) is 0 Å². The molecule has 2 heteroatoms. The van der Waals surface area contributed by atoms with Crippen LogP contribution >= 0.6 is 0 Å². The zero-order valence-corrected chi connectivity index (χ0v) is 18.2. The van der Waals surface area contributed by atoms with Crippen LogP contribution in [-0.2, 0) is 0 Å². The van der Waals surface area contributed by atoms with Crippen molar-refractivity contribution in [1.82, 2.24) is 10.6 Å². The van der Waals surface area contributed by atoms with E-state index in [1.54, 1.807) is 6.42 Å². The second-order valence-electron chi connectivity index (χ2n) is 10.5. The van der Waals surface area contributed by atoms with Crippen molar-refractivity contribution < 1.29 is 0 Å². The van der Waals surface area contributed by atoms with Gasteiger partial charge in [0, 0.05) is 0 Å². The summed E-state index contributed by atoms with van der Waals surface area (Å²) in [6.07, 6.45) is 14.9. The van der Waals surface area contributed by atoms with Gasteiger partial charge in [-0.05, 0) is 106 Å². The smallest absolute Gasteiger partial charge is 0.00437 e. The summed E-state index contributed by atoms with van der Waals surface area (Å²) in [6, 6.07) is 0. The Morgan fingerprint density at radius 1 is 0.769 bits per heavy atom. The number of fused-ring (bicyclic) bond motifs is 2. The average Bonchev–Trinajstić information content (AvgIpc) is 2.61. The van der Waals surface area contributed by atoms with Crippen molar-refractivity contribution in [3.63, 3.8) is 0 Å². The first-order valence-electron chi connectivity index (χ1n) is 11.9. The minimum Gasteiger partial charge on any atom is -0.317 e. The maximum absolute atomic E-state index is 3.63. The normalized spacial score (nSPS) is 42.9. The molecule has 152 valence electrons. The highest BCUT2D eigenvalue weighted by Crippen LogP contribution is 2.62. The predicted molar refractivity (Wildman–Crippen MR) is 113 cm³/mol. The van der Waals surface area contributed by atoms with Crippen LogP contribution in [0.5, 0.6) is 0 Å². The van der Waals surface area contributed by atoms with Gasteiger partial charge in [-0.1, -0.05) is 47.0 Å². The summed E-state index contributed by atoms with van der Waals surface area (Å²) in [6.45, 7) is 14.5. The molecular formula is C24H46N2. The SMILES string of the molecule is CCNCCC1(C)CC2CC3CCCC[C@H]3C(C)(CCNCC)CCC21. The van der Waals surface area contributed by atoms with E-state index in [2.05, 4.69) is 38.3 Å². The lowest BCUT2D eigenvalue weighted by Gasteiger charge is -2.59. The highest BCUT2D eigenvalue weighted by Gasteiger charge is 2.53. The van der Waals surface area contributed by atoms with Gasteiger partial charge in [-0.2, -0.15) is 0 Å². The van der Waals surface area contributed by atoms with Crippen LogP contribution in [0.3, 0.4) is 0 Å². The predicted octanol–water partition coefficient (Wildman–Crippen LogP) is 5.62. The molecule has 2 N–H and O–H groups in total. The van der Waals surface area contributed by atoms with E-state index < -0.39 is 0 Å². The fourth-order valence-electron chi connectivity index (χ4n) is 7.30. The topological polar surface area (TPSA) is 24.1 Å². The molecule has 0 aromatic heterocycles. The van der Waals surface area contributed by atoms with Crippen LogP contribution < -0.4 is 10.6 Å². The van der Waals surface area contributed by atoms with Crippen molar-refractivity contribution >= 4 is 0 Å². The van der Waals surface area contributed by atoms with E-state index in [0.717, 1.165) is 36.8 Å². The maximum Gasteiger partial charge on any atom is -0.00437 e. The molecule has 5 unspecified atom stereocenters. The van der Waals surface area contributed by atoms with Crippen LogP contribution in [0.2, 0.25) is 0 Å². The van der Waals surface area contributed by atoms with Crippen molar-refractivity contribution in [2.24, 2.45) is 34.5 Å². The Bertz CT molecular complexity index is 436. The lowest BCUT2D eigenvalue weighted by atomic mass is 9.46. The molecule has 3 rings (SSSR count). The molecule has 0 saturated heterocycles. The van der Waals surface area contributed by atoms with Gasteiger partial charge >= 0.3 is 0 Å². The van der Waals surface area contributed by atoms with E-state index in [9.17, 15) is 0 Å². The van der Waals surface area contributed by atoms with Gasteiger partial charge in [0.05, 0.1) is 0 Å². The lowest BCUT2D eigenvalue weighted by Crippen LogP contribution is -2.51. The molecule has 3 fully saturated rings. The second-order valence-corrected chi connectivity index (χ2v) is 10.5. The van der Waals surface area contributed by atoms with Gasteiger partial charge < -0.3 is 10.6 Å². The Morgan fingerprint density at radius 2 is 1.38 bits per heavy atom. The molecule has 0 radical (unpaired) electrons. The monoisotopic (exact) mass is 362 g/mol. The second kappa shape index (κ2) is 8.95. The first-order valence-corrected chi connectivity index (χ1v) is 11.9. The Kier molecular flexibility index (Phi) is 7.11. The fraction of sp³-hybridized carbons (Fsp3) is 1.00. The van der Waals surface area contributed by atoms with E-state index >= 15 is 0 Å². The highest BCUT2D eigenvalue weighted by atomic mass is 14.8. The van der Waals surface area contributed by atoms with E-state index in [1.807, 2.05) is 0 Å². The summed E-state index contributed by atoms with van der Waals surface area (Å²) < 4.78 is 0. The van der Waals surface area contributed by atoms with Crippen LogP contribution in [0.25, 0.3) is 0 Å². The van der Waals surface area contributed by atoms with Crippen LogP contribution in [0.4, 0.5) is 0 Å². The van der Waals surface area contributed by atoms with Crippen molar-refractivity contribution in [3.05, 3.63) is 0 Å². The summed E-state index contributed by atoms with van der Waals surface area (Å²) in [4.78, 5) is 0. The van der Waals surface area contributed by atoms with Crippen molar-refractivity contribution in [3.8, 4) is 0 Å². The standard InChI is InChI=1S/C24H46N2/c1-5-25-15-13-23(3)12-11-22-20(17-19-9-7-8-10-21(19)23)18-24(22,4)14-16-26-6-2/h19-22,25-26H,5-18H2,1-4H3/t19?,20?,21-,22?,23?,24?/m1/s1. The molecule has 0 aliphatic heterocycles. The zero-order chi connectivity index (χ0) is 18.6. The summed E-state index contributed by atoms with van der Waals surface area (Å²) in [7, 11) is 0. The van der Waals surface area contributed by atoms with Gasteiger partial charge in [-0.25, -0.2) is 0 Å². The van der Waals surface area contributed by atoms with Crippen molar-refractivity contribution in [2.75, 3.05) is 26.2 Å². The molecular weight excluding hydrogens is 316 g/mol. The van der Waals surface area contributed by atoms with Gasteiger partial charge in [0.1, 0.15) is 0 Å². The first kappa shape index (κ1) is 20.6. The Balaban J connectivity index is 1.69. The summed E-state index contributed by atoms with van der Waals surface area (Å²) in [5, 5.41) is 7.21. The summed E-state index contributed by atoms with van der Waals surface area (Å²) in [5.74, 6) is 4.08. The largest absolute Gasteiger partial charge is 0.317 e. The Hall–Kier alpha value is -0.0800. The van der Waals surface area contributed by atoms with E-state index in [1.165, 1.54) is 70.9 Å². The molecule has 3 aliphatic rings. The Morgan fingerprint density at radius 3 is 2.08 bits per heavy atom. The first-order chi connectivity index (χ1) is 12.5. The Labute approximate surface area is 163 Å². The molecule has 0 spiro atoms. The molecule has 0 amide bonds. The number of rotatable bonds is 8. The highest BCUT2D eigenvalue weighted by molar-refractivity contribution is 5.03. The molecule has 0 aromatic rings. The van der Waals surface area contributed by atoms with Crippen molar-refractivity contribution in [1.29, 1.82) is 0 Å². The summed E-state index contributed by atoms with van der Waals surface area (Å²) in [5.41, 5.74) is 1.20. The van der Waals surface area contributed by atoms with Gasteiger partial charge in [0.2, 0.25) is 0 Å². The van der Waals surface area contributed by atoms with Gasteiger partial charge in [-0.15, -0.1) is 0 Å². The number of nitrogens with one attached hydrogen (secondary N) is 2. The molecule has 3 saturated carbocycles. The molecule has 0 heterocycles. The molecule has 26 heavy (non-hydrogen) atoms. The fourth-order valence-corrected chi connectivity index (χ4v) is 7.30. The van der Waals surface area contributed by atoms with Gasteiger partial charge in [-0.3, -0.25) is 0 Å². The third-order valence-electron chi connectivity index (χ3n) is 8.87. The number of hydrogen-bond acceptors (Lipinski definition) is 2. The molecule has 6 atom stereocenters. The van der Waals surface area contributed by atoms with Crippen LogP contribution in [0, 0.1) is 34.5 Å². The molecule has 0 bridgehead atoms. The van der Waals surface area contributed by atoms with Gasteiger partial charge in [0.25, 0.3) is 0 Å². The van der Waals surface area contributed by atoms with E-state index in [0.29, 0.717) is 10.8 Å². The molecule has 2 nitrogen and oxygen atoms in total. The number of hydrogen-bond donors (Lipinski definition) is 2. The van der Waals surface area contributed by atoms with Crippen LogP contribution in [0.15, 0.2) is 0 Å². The minimum atomic E-state index is 0.580. The quantitative estimate of drug-likeness (QED) is 0.547. The zero-order valence-electron chi connectivity index (χ0n) is 18.2.